The van der Waals surface area contributed by atoms with Crippen molar-refractivity contribution in [3.05, 3.63) is 157 Å². The van der Waals surface area contributed by atoms with E-state index >= 15 is 0 Å². The number of imidazole rings is 1. The molecule has 4 aromatic carbocycles. The molecule has 5 aromatic heterocycles. The maximum Gasteiger partial charge on any atom is 0 e. The predicted molar refractivity (Wildman–Crippen MR) is 229 cm³/mol. The second-order valence-electron chi connectivity index (χ2n) is 15.0. The van der Waals surface area contributed by atoms with Gasteiger partial charge in [0.25, 0.3) is 0 Å². The molecule has 0 spiro atoms. The van der Waals surface area contributed by atoms with Crippen molar-refractivity contribution < 1.29 is 24.5 Å². The number of fused-ring (bicyclic) bond motifs is 4. The van der Waals surface area contributed by atoms with Gasteiger partial charge in [0.15, 0.2) is 0 Å². The van der Waals surface area contributed by atoms with Gasteiger partial charge in [-0.2, -0.15) is 0 Å². The van der Waals surface area contributed by atoms with Crippen LogP contribution in [0.3, 0.4) is 0 Å². The number of nitrogens with zero attached hydrogens (tertiary/aromatic N) is 5. The van der Waals surface area contributed by atoms with E-state index in [2.05, 4.69) is 108 Å². The van der Waals surface area contributed by atoms with Crippen molar-refractivity contribution in [2.45, 2.75) is 50.4 Å². The van der Waals surface area contributed by atoms with E-state index in [0.717, 1.165) is 79.1 Å². The quantitative estimate of drug-likeness (QED) is 0.118. The summed E-state index contributed by atoms with van der Waals surface area (Å²) in [6.45, 7) is 6.54. The van der Waals surface area contributed by atoms with Gasteiger partial charge in [0.05, 0.1) is 33.8 Å². The van der Waals surface area contributed by atoms with Crippen molar-refractivity contribution in [3.8, 4) is 39.6 Å². The van der Waals surface area contributed by atoms with Crippen LogP contribution in [0.2, 0.25) is 17.3 Å². The summed E-state index contributed by atoms with van der Waals surface area (Å²) in [6.07, 6.45) is 5.03. The molecule has 0 aliphatic carbocycles. The monoisotopic (exact) mass is 972 g/mol. The molecule has 0 N–H and O–H groups in total. The number of hydrogen-bond donors (Lipinski definition) is 0. The molecule has 0 atom stereocenters. The summed E-state index contributed by atoms with van der Waals surface area (Å²) >= 11 is -1.80. The number of aryl methyl sites for hydroxylation is 1. The van der Waals surface area contributed by atoms with Gasteiger partial charge >= 0.3 is 113 Å². The van der Waals surface area contributed by atoms with Gasteiger partial charge in [0, 0.05) is 42.9 Å². The number of furan rings is 1. The van der Waals surface area contributed by atoms with Gasteiger partial charge < -0.3 is 8.98 Å². The van der Waals surface area contributed by atoms with Crippen molar-refractivity contribution >= 4 is 50.8 Å². The molecule has 56 heavy (non-hydrogen) atoms. The summed E-state index contributed by atoms with van der Waals surface area (Å²) in [5, 5.41) is 1.96. The van der Waals surface area contributed by atoms with Gasteiger partial charge in [-0.3, -0.25) is 9.97 Å². The van der Waals surface area contributed by atoms with Gasteiger partial charge in [-0.25, -0.2) is 4.98 Å². The third-order valence-corrected chi connectivity index (χ3v) is 14.2. The number of pyridine rings is 3. The molecule has 0 unspecified atom stereocenters. The zero-order valence-electron chi connectivity index (χ0n) is 32.5. The number of hydrogen-bond acceptors (Lipinski definition) is 5. The molecule has 0 saturated carbocycles. The SMILES string of the molecule is CC(C)c1nccc2nc(-c3[c-]ccc4c3oc3nc(-c5ccccc5)ccc34)n(-c3ccccc3)c12.CCc1cc(-c2[c-]cccc2)nc[c]1[Ge]([CH3])([CH3])[CH3].[Ir]. The van der Waals surface area contributed by atoms with E-state index in [1.807, 2.05) is 85.1 Å². The first kappa shape index (κ1) is 39.0. The van der Waals surface area contributed by atoms with Crippen LogP contribution in [0, 0.1) is 12.1 Å². The van der Waals surface area contributed by atoms with Crippen LogP contribution in [-0.2, 0) is 26.5 Å². The Bertz CT molecular complexity index is 2760. The molecule has 6 nitrogen and oxygen atoms in total. The summed E-state index contributed by atoms with van der Waals surface area (Å²) in [4.78, 5) is 19.3. The van der Waals surface area contributed by atoms with E-state index in [1.165, 1.54) is 9.96 Å². The first-order chi connectivity index (χ1) is 26.7. The van der Waals surface area contributed by atoms with Crippen molar-refractivity contribution in [2.24, 2.45) is 0 Å². The fourth-order valence-corrected chi connectivity index (χ4v) is 10.7. The Morgan fingerprint density at radius 1 is 0.750 bits per heavy atom. The summed E-state index contributed by atoms with van der Waals surface area (Å²) in [7, 11) is 0. The van der Waals surface area contributed by atoms with E-state index in [4.69, 9.17) is 19.4 Å². The van der Waals surface area contributed by atoms with Gasteiger partial charge in [0.1, 0.15) is 0 Å². The third-order valence-electron chi connectivity index (χ3n) is 9.91. The number of rotatable bonds is 7. The number of benzene rings is 4. The molecule has 0 saturated heterocycles. The third kappa shape index (κ3) is 7.64. The number of aromatic nitrogens is 5. The fraction of sp³-hybridized carbons (Fsp3) is 0.167. The van der Waals surface area contributed by atoms with Crippen LogP contribution in [0.1, 0.15) is 37.9 Å². The minimum absolute atomic E-state index is 0. The molecular formula is C48H43GeIrN5O-2. The first-order valence-electron chi connectivity index (χ1n) is 18.9. The topological polar surface area (TPSA) is 69.6 Å². The summed E-state index contributed by atoms with van der Waals surface area (Å²) in [5.74, 6) is 8.27. The van der Waals surface area contributed by atoms with E-state index in [9.17, 15) is 0 Å². The molecule has 0 aliphatic heterocycles. The predicted octanol–water partition coefficient (Wildman–Crippen LogP) is 11.6. The maximum atomic E-state index is 6.45. The standard InChI is InChI=1S/C32H23N4O.C16H20GeN.Ir/c1-20(2)28-29-27(18-19-33-28)34-31(36(29)22-12-7-4-8-13-22)25-15-9-14-23-24-16-17-26(21-10-5-3-6-11-21)35-32(24)37-30(23)25;1-5-13-11-16(14-9-7-6-8-10-14)18-12-15(13)17(2,3)4;/h3-14,16-20H,1-2H3;6-9,11-12H,5H2,1-4H3;/q2*-1;. The zero-order valence-corrected chi connectivity index (χ0v) is 37.0. The van der Waals surface area contributed by atoms with Gasteiger partial charge in [-0.1, -0.05) is 73.3 Å². The first-order valence-corrected chi connectivity index (χ1v) is 26.2. The molecule has 9 rings (SSSR count). The molecule has 0 fully saturated rings. The Morgan fingerprint density at radius 3 is 2.20 bits per heavy atom. The van der Waals surface area contributed by atoms with E-state index in [0.29, 0.717) is 5.71 Å². The maximum absolute atomic E-state index is 6.45. The molecule has 5 heterocycles. The molecule has 281 valence electrons. The van der Waals surface area contributed by atoms with Crippen LogP contribution < -0.4 is 4.40 Å². The Morgan fingerprint density at radius 2 is 1.50 bits per heavy atom. The van der Waals surface area contributed by atoms with Crippen LogP contribution in [-0.4, -0.2) is 37.8 Å². The van der Waals surface area contributed by atoms with Crippen molar-refractivity contribution in [2.75, 3.05) is 0 Å². The molecule has 0 aliphatic rings. The van der Waals surface area contributed by atoms with Crippen LogP contribution in [0.4, 0.5) is 0 Å². The van der Waals surface area contributed by atoms with E-state index in [-0.39, 0.29) is 26.0 Å². The van der Waals surface area contributed by atoms with Crippen LogP contribution in [0.15, 0.2) is 138 Å². The Labute approximate surface area is 344 Å². The van der Waals surface area contributed by atoms with E-state index < -0.39 is 13.3 Å². The summed E-state index contributed by atoms with van der Waals surface area (Å²) in [6, 6.07) is 47.5. The van der Waals surface area contributed by atoms with Crippen LogP contribution in [0.25, 0.3) is 72.7 Å². The van der Waals surface area contributed by atoms with Crippen molar-refractivity contribution in [3.63, 3.8) is 0 Å². The van der Waals surface area contributed by atoms with Crippen molar-refractivity contribution in [1.29, 1.82) is 0 Å². The average Bonchev–Trinajstić information content (AvgIpc) is 3.80. The van der Waals surface area contributed by atoms with Gasteiger partial charge in [-0.15, -0.1) is 18.2 Å². The summed E-state index contributed by atoms with van der Waals surface area (Å²) < 4.78 is 10.2. The Hall–Kier alpha value is -5.21. The van der Waals surface area contributed by atoms with E-state index in [1.54, 1.807) is 0 Å². The second-order valence-corrected chi connectivity index (χ2v) is 25.6. The Balaban J connectivity index is 0.000000214. The summed E-state index contributed by atoms with van der Waals surface area (Å²) in [5.41, 5.74) is 11.6. The molecule has 0 bridgehead atoms. The number of para-hydroxylation sites is 1. The molecule has 9 aromatic rings. The largest absolute Gasteiger partial charge is 0 e. The zero-order chi connectivity index (χ0) is 38.1. The Kier molecular flexibility index (Phi) is 11.5. The van der Waals surface area contributed by atoms with Crippen molar-refractivity contribution in [1.82, 2.24) is 24.5 Å². The molecular weight excluding hydrogens is 927 g/mol. The van der Waals surface area contributed by atoms with Crippen LogP contribution in [0.5, 0.6) is 0 Å². The smallest absolute Gasteiger partial charge is 0 e. The van der Waals surface area contributed by atoms with Gasteiger partial charge in [-0.05, 0) is 36.2 Å². The minimum Gasteiger partial charge on any atom is 0 e. The molecule has 1 radical (unpaired) electrons. The van der Waals surface area contributed by atoms with Crippen LogP contribution >= 0.6 is 0 Å². The fourth-order valence-electron chi connectivity index (χ4n) is 7.19. The molecule has 8 heteroatoms. The minimum atomic E-state index is -1.80. The van der Waals surface area contributed by atoms with Gasteiger partial charge in [0.2, 0.25) is 5.71 Å². The normalized spacial score (nSPS) is 11.5. The average molecular weight is 971 g/mol. The second kappa shape index (κ2) is 16.5. The molecule has 0 amide bonds.